The Hall–Kier alpha value is -2.79. The van der Waals surface area contributed by atoms with Gasteiger partial charge in [0.05, 0.1) is 24.8 Å². The highest BCUT2D eigenvalue weighted by Gasteiger charge is 2.22. The summed E-state index contributed by atoms with van der Waals surface area (Å²) < 4.78 is 5.20. The van der Waals surface area contributed by atoms with Gasteiger partial charge in [-0.3, -0.25) is 0 Å². The van der Waals surface area contributed by atoms with Gasteiger partial charge in [0.2, 0.25) is 0 Å². The van der Waals surface area contributed by atoms with Crippen molar-refractivity contribution in [2.75, 3.05) is 30.4 Å². The second kappa shape index (κ2) is 10.0. The van der Waals surface area contributed by atoms with Crippen molar-refractivity contribution in [2.45, 2.75) is 25.5 Å². The highest BCUT2D eigenvalue weighted by Crippen LogP contribution is 2.33. The van der Waals surface area contributed by atoms with Gasteiger partial charge in [-0.1, -0.05) is 29.8 Å². The monoisotopic (exact) mass is 459 g/mol. The molecule has 1 aliphatic heterocycles. The lowest BCUT2D eigenvalue weighted by atomic mass is 10.1. The number of hydrogen-bond donors (Lipinski definition) is 2. The van der Waals surface area contributed by atoms with Crippen molar-refractivity contribution in [3.63, 3.8) is 0 Å². The number of β-amino-alcohol motifs (C(OH)–C–C–N with tert-alkyl or cyclic N) is 1. The van der Waals surface area contributed by atoms with E-state index in [0.29, 0.717) is 35.4 Å². The Kier molecular flexibility index (Phi) is 7.39. The van der Waals surface area contributed by atoms with Crippen LogP contribution < -0.4 is 15.0 Å². The molecule has 0 bridgehead atoms. The number of benzene rings is 2. The molecule has 1 atom stereocenters. The molecule has 3 aromatic rings. The third kappa shape index (κ3) is 4.93. The second-order valence-corrected chi connectivity index (χ2v) is 7.69. The van der Waals surface area contributed by atoms with Crippen LogP contribution in [-0.4, -0.2) is 41.6 Å². The Labute approximate surface area is 192 Å². The van der Waals surface area contributed by atoms with Crippen molar-refractivity contribution < 1.29 is 9.84 Å². The summed E-state index contributed by atoms with van der Waals surface area (Å²) in [6.07, 6.45) is 1.34. The predicted molar refractivity (Wildman–Crippen MR) is 126 cm³/mol. The molecule has 0 spiro atoms. The number of rotatable bonds is 5. The number of aliphatic hydroxyl groups excluding tert-OH is 1. The first-order valence-electron chi connectivity index (χ1n) is 9.76. The fourth-order valence-corrected chi connectivity index (χ4v) is 3.99. The van der Waals surface area contributed by atoms with Crippen LogP contribution in [0.1, 0.15) is 18.4 Å². The van der Waals surface area contributed by atoms with Crippen LogP contribution in [0, 0.1) is 6.57 Å². The van der Waals surface area contributed by atoms with E-state index in [4.69, 9.17) is 22.9 Å². The molecule has 0 saturated carbocycles. The number of aromatic nitrogens is 2. The van der Waals surface area contributed by atoms with Crippen molar-refractivity contribution in [3.05, 3.63) is 58.4 Å². The Morgan fingerprint density at radius 2 is 2.10 bits per heavy atom. The number of anilines is 2. The number of piperidine rings is 1. The topological polar surface area (TPSA) is 74.9 Å². The van der Waals surface area contributed by atoms with Gasteiger partial charge in [0, 0.05) is 30.4 Å². The summed E-state index contributed by atoms with van der Waals surface area (Å²) >= 11 is 6.22. The SMILES string of the molecule is Cl.[C-]#[N+]c1ccc2c(N3CCCC(O)C3)nnc(NCc3ccc(OC)c(Cl)c3)c2c1. The normalized spacial score (nSPS) is 15.8. The summed E-state index contributed by atoms with van der Waals surface area (Å²) in [4.78, 5) is 5.62. The maximum atomic E-state index is 10.1. The fourth-order valence-electron chi connectivity index (χ4n) is 3.71. The lowest BCUT2D eigenvalue weighted by molar-refractivity contribution is 0.154. The highest BCUT2D eigenvalue weighted by atomic mass is 35.5. The molecule has 162 valence electrons. The second-order valence-electron chi connectivity index (χ2n) is 7.28. The third-order valence-corrected chi connectivity index (χ3v) is 5.54. The van der Waals surface area contributed by atoms with Crippen LogP contribution >= 0.6 is 24.0 Å². The Bertz CT molecular complexity index is 1120. The molecule has 9 heteroatoms. The standard InChI is InChI=1S/C22H22ClN5O2.ClH/c1-24-15-6-7-17-18(11-15)21(25-12-14-5-8-20(30-2)19(23)10-14)26-27-22(17)28-9-3-4-16(29)13-28;/h5-8,10-11,16,29H,3-4,9,12-13H2,2H3,(H,25,26);1H. The molecule has 0 amide bonds. The number of fused-ring (bicyclic) bond motifs is 1. The summed E-state index contributed by atoms with van der Waals surface area (Å²) in [6.45, 7) is 9.22. The number of ether oxygens (including phenoxy) is 1. The average Bonchev–Trinajstić information content (AvgIpc) is 2.77. The van der Waals surface area contributed by atoms with E-state index >= 15 is 0 Å². The first-order valence-corrected chi connectivity index (χ1v) is 10.1. The van der Waals surface area contributed by atoms with Crippen molar-refractivity contribution in [1.82, 2.24) is 10.2 Å². The molecule has 1 saturated heterocycles. The van der Waals surface area contributed by atoms with Crippen LogP contribution in [0.3, 0.4) is 0 Å². The van der Waals surface area contributed by atoms with Gasteiger partial charge in [0.1, 0.15) is 5.75 Å². The lowest BCUT2D eigenvalue weighted by Gasteiger charge is -2.31. The largest absolute Gasteiger partial charge is 0.495 e. The van der Waals surface area contributed by atoms with Crippen LogP contribution in [0.2, 0.25) is 5.02 Å². The first-order chi connectivity index (χ1) is 14.6. The van der Waals surface area contributed by atoms with E-state index in [1.165, 1.54) is 0 Å². The fraction of sp³-hybridized carbons (Fsp3) is 0.318. The molecule has 2 aromatic carbocycles. The Morgan fingerprint density at radius 1 is 1.26 bits per heavy atom. The molecule has 1 fully saturated rings. The van der Waals surface area contributed by atoms with Crippen LogP contribution in [0.4, 0.5) is 17.3 Å². The molecular weight excluding hydrogens is 437 g/mol. The van der Waals surface area contributed by atoms with Crippen LogP contribution in [0.5, 0.6) is 5.75 Å². The van der Waals surface area contributed by atoms with E-state index < -0.39 is 0 Å². The van der Waals surface area contributed by atoms with Gasteiger partial charge in [-0.2, -0.15) is 0 Å². The van der Waals surface area contributed by atoms with E-state index in [9.17, 15) is 5.11 Å². The van der Waals surface area contributed by atoms with E-state index in [0.717, 1.165) is 41.5 Å². The zero-order valence-electron chi connectivity index (χ0n) is 17.0. The molecule has 4 rings (SSSR count). The number of aliphatic hydroxyl groups is 1. The maximum absolute atomic E-state index is 10.1. The van der Waals surface area contributed by atoms with Crippen molar-refractivity contribution in [1.29, 1.82) is 0 Å². The van der Waals surface area contributed by atoms with E-state index in [-0.39, 0.29) is 18.5 Å². The average molecular weight is 460 g/mol. The molecule has 1 unspecified atom stereocenters. The molecule has 1 aromatic heterocycles. The van der Waals surface area contributed by atoms with Gasteiger partial charge in [0.25, 0.3) is 0 Å². The zero-order valence-corrected chi connectivity index (χ0v) is 18.6. The van der Waals surface area contributed by atoms with Gasteiger partial charge >= 0.3 is 0 Å². The van der Waals surface area contributed by atoms with E-state index in [1.54, 1.807) is 13.2 Å². The smallest absolute Gasteiger partial charge is 0.188 e. The van der Waals surface area contributed by atoms with E-state index in [2.05, 4.69) is 25.3 Å². The zero-order chi connectivity index (χ0) is 21.1. The summed E-state index contributed by atoms with van der Waals surface area (Å²) in [6, 6.07) is 11.1. The molecular formula is C22H23Cl2N5O2. The van der Waals surface area contributed by atoms with Crippen LogP contribution in [0.25, 0.3) is 15.6 Å². The van der Waals surface area contributed by atoms with Crippen LogP contribution in [-0.2, 0) is 6.54 Å². The van der Waals surface area contributed by atoms with Crippen molar-refractivity contribution in [3.8, 4) is 5.75 Å². The number of halogens is 2. The minimum absolute atomic E-state index is 0. The number of nitrogens with zero attached hydrogens (tertiary/aromatic N) is 4. The maximum Gasteiger partial charge on any atom is 0.188 e. The molecule has 7 nitrogen and oxygen atoms in total. The highest BCUT2D eigenvalue weighted by molar-refractivity contribution is 6.32. The number of hydrogen-bond acceptors (Lipinski definition) is 6. The molecule has 1 aliphatic rings. The Morgan fingerprint density at radius 3 is 2.81 bits per heavy atom. The molecule has 0 radical (unpaired) electrons. The van der Waals surface area contributed by atoms with Gasteiger partial charge in [-0.15, -0.1) is 22.6 Å². The van der Waals surface area contributed by atoms with Crippen molar-refractivity contribution in [2.24, 2.45) is 0 Å². The van der Waals surface area contributed by atoms with Crippen LogP contribution in [0.15, 0.2) is 36.4 Å². The quantitative estimate of drug-likeness (QED) is 0.531. The Balaban J connectivity index is 0.00000272. The predicted octanol–water partition coefficient (Wildman–Crippen LogP) is 4.84. The molecule has 2 heterocycles. The summed E-state index contributed by atoms with van der Waals surface area (Å²) in [5.41, 5.74) is 1.51. The summed E-state index contributed by atoms with van der Waals surface area (Å²) in [5, 5.41) is 24.5. The molecule has 2 N–H and O–H groups in total. The summed E-state index contributed by atoms with van der Waals surface area (Å²) in [5.74, 6) is 1.96. The van der Waals surface area contributed by atoms with Gasteiger partial charge in [-0.05, 0) is 36.6 Å². The van der Waals surface area contributed by atoms with Gasteiger partial charge in [-0.25, -0.2) is 4.85 Å². The van der Waals surface area contributed by atoms with Gasteiger partial charge < -0.3 is 20.1 Å². The molecule has 0 aliphatic carbocycles. The number of nitrogens with one attached hydrogen (secondary N) is 1. The first kappa shape index (κ1) is 22.9. The third-order valence-electron chi connectivity index (χ3n) is 5.25. The lowest BCUT2D eigenvalue weighted by Crippen LogP contribution is -2.39. The number of methoxy groups -OCH3 is 1. The van der Waals surface area contributed by atoms with E-state index in [1.807, 2.05) is 30.3 Å². The minimum Gasteiger partial charge on any atom is -0.495 e. The van der Waals surface area contributed by atoms with Gasteiger partial charge in [0.15, 0.2) is 17.3 Å². The molecule has 31 heavy (non-hydrogen) atoms. The minimum atomic E-state index is -0.365. The summed E-state index contributed by atoms with van der Waals surface area (Å²) in [7, 11) is 1.58. The van der Waals surface area contributed by atoms with Crippen molar-refractivity contribution >= 4 is 52.1 Å².